The lowest BCUT2D eigenvalue weighted by Gasteiger charge is -2.15. The van der Waals surface area contributed by atoms with Crippen molar-refractivity contribution in [3.63, 3.8) is 0 Å². The van der Waals surface area contributed by atoms with Crippen LogP contribution in [0.5, 0.6) is 11.5 Å². The lowest BCUT2D eigenvalue weighted by molar-refractivity contribution is 0.0902. The Labute approximate surface area is 163 Å². The van der Waals surface area contributed by atoms with Gasteiger partial charge in [0.05, 0.1) is 19.3 Å². The van der Waals surface area contributed by atoms with E-state index >= 15 is 0 Å². The van der Waals surface area contributed by atoms with Gasteiger partial charge in [-0.25, -0.2) is 0 Å². The van der Waals surface area contributed by atoms with Gasteiger partial charge in [-0.1, -0.05) is 41.1 Å². The lowest BCUT2D eigenvalue weighted by atomic mass is 10.1. The summed E-state index contributed by atoms with van der Waals surface area (Å²) in [6.45, 7) is 5.20. The van der Waals surface area contributed by atoms with Crippen LogP contribution in [0.25, 0.3) is 11.3 Å². The van der Waals surface area contributed by atoms with Crippen LogP contribution in [0.1, 0.15) is 41.1 Å². The molecule has 144 valence electrons. The maximum Gasteiger partial charge on any atom is 0.290 e. The van der Waals surface area contributed by atoms with Crippen LogP contribution in [0, 0.1) is 6.92 Å². The zero-order chi connectivity index (χ0) is 19.5. The molecule has 4 rings (SSSR count). The first kappa shape index (κ1) is 18.1. The topological polar surface area (TPSA) is 73.6 Å². The number of benzene rings is 2. The van der Waals surface area contributed by atoms with Crippen LogP contribution in [0.15, 0.2) is 53.1 Å². The van der Waals surface area contributed by atoms with Crippen LogP contribution in [-0.4, -0.2) is 24.3 Å². The minimum atomic E-state index is -0.314. The first-order valence-corrected chi connectivity index (χ1v) is 9.34. The normalized spacial score (nSPS) is 14.2. The number of ether oxygens (including phenoxy) is 2. The van der Waals surface area contributed by atoms with E-state index in [0.29, 0.717) is 24.7 Å². The summed E-state index contributed by atoms with van der Waals surface area (Å²) in [5, 5.41) is 6.95. The van der Waals surface area contributed by atoms with Crippen molar-refractivity contribution in [3.8, 4) is 22.8 Å². The summed E-state index contributed by atoms with van der Waals surface area (Å²) >= 11 is 0. The van der Waals surface area contributed by atoms with Crippen LogP contribution in [0.4, 0.5) is 0 Å². The van der Waals surface area contributed by atoms with Crippen molar-refractivity contribution in [2.24, 2.45) is 0 Å². The summed E-state index contributed by atoms with van der Waals surface area (Å²) in [5.41, 5.74) is 3.63. The Kier molecular flexibility index (Phi) is 5.02. The third-order valence-corrected chi connectivity index (χ3v) is 4.70. The van der Waals surface area contributed by atoms with Gasteiger partial charge in [-0.2, -0.15) is 0 Å². The van der Waals surface area contributed by atoms with Crippen LogP contribution in [0.3, 0.4) is 0 Å². The number of hydrogen-bond acceptors (Lipinski definition) is 5. The molecule has 0 saturated heterocycles. The first-order valence-electron chi connectivity index (χ1n) is 9.34. The van der Waals surface area contributed by atoms with E-state index in [0.717, 1.165) is 28.9 Å². The molecular weight excluding hydrogens is 356 g/mol. The molecule has 0 aliphatic carbocycles. The second kappa shape index (κ2) is 7.76. The van der Waals surface area contributed by atoms with E-state index in [4.69, 9.17) is 14.0 Å². The van der Waals surface area contributed by atoms with E-state index in [1.54, 1.807) is 6.07 Å². The molecule has 1 amide bonds. The fraction of sp³-hybridized carbons (Fsp3) is 0.273. The molecule has 1 atom stereocenters. The number of rotatable bonds is 4. The fourth-order valence-electron chi connectivity index (χ4n) is 3.04. The Bertz CT molecular complexity index is 978. The molecule has 2 aromatic carbocycles. The van der Waals surface area contributed by atoms with Crippen molar-refractivity contribution >= 4 is 5.91 Å². The van der Waals surface area contributed by atoms with Crippen LogP contribution >= 0.6 is 0 Å². The molecule has 1 N–H and O–H groups in total. The van der Waals surface area contributed by atoms with Crippen molar-refractivity contribution in [1.82, 2.24) is 10.5 Å². The molecule has 2 heterocycles. The zero-order valence-electron chi connectivity index (χ0n) is 15.9. The maximum absolute atomic E-state index is 12.6. The molecule has 6 heteroatoms. The molecule has 1 aliphatic heterocycles. The minimum Gasteiger partial charge on any atom is -0.490 e. The highest BCUT2D eigenvalue weighted by Gasteiger charge is 2.19. The molecule has 0 bridgehead atoms. The number of hydrogen-bond donors (Lipinski definition) is 1. The standard InChI is InChI=1S/C22H22N2O4/c1-14-4-6-16(7-5-14)18-13-21(28-24-18)22(25)23-15(2)17-8-9-19-20(12-17)27-11-3-10-26-19/h4-9,12-13,15H,3,10-11H2,1-2H3,(H,23,25). The Morgan fingerprint density at radius 3 is 2.57 bits per heavy atom. The number of fused-ring (bicyclic) bond motifs is 1. The summed E-state index contributed by atoms with van der Waals surface area (Å²) in [4.78, 5) is 12.6. The average molecular weight is 378 g/mol. The van der Waals surface area contributed by atoms with E-state index in [2.05, 4.69) is 10.5 Å². The fourth-order valence-corrected chi connectivity index (χ4v) is 3.04. The second-order valence-electron chi connectivity index (χ2n) is 6.89. The quantitative estimate of drug-likeness (QED) is 0.733. The molecule has 1 unspecified atom stereocenters. The minimum absolute atomic E-state index is 0.178. The molecule has 28 heavy (non-hydrogen) atoms. The van der Waals surface area contributed by atoms with Gasteiger partial charge >= 0.3 is 0 Å². The summed E-state index contributed by atoms with van der Waals surface area (Å²) in [6, 6.07) is 15.0. The number of nitrogens with zero attached hydrogens (tertiary/aromatic N) is 1. The monoisotopic (exact) mass is 378 g/mol. The Morgan fingerprint density at radius 2 is 1.79 bits per heavy atom. The molecule has 3 aromatic rings. The van der Waals surface area contributed by atoms with E-state index in [1.807, 2.05) is 56.3 Å². The van der Waals surface area contributed by atoms with Gasteiger partial charge in [0.15, 0.2) is 11.5 Å². The number of aromatic nitrogens is 1. The number of amides is 1. The zero-order valence-corrected chi connectivity index (χ0v) is 15.9. The van der Waals surface area contributed by atoms with Crippen molar-refractivity contribution in [2.45, 2.75) is 26.3 Å². The average Bonchev–Trinajstić information content (AvgIpc) is 3.07. The Hall–Kier alpha value is -3.28. The number of aryl methyl sites for hydroxylation is 1. The summed E-state index contributed by atoms with van der Waals surface area (Å²) in [6.07, 6.45) is 0.852. The summed E-state index contributed by atoms with van der Waals surface area (Å²) in [5.74, 6) is 1.30. The SMILES string of the molecule is Cc1ccc(-c2cc(C(=O)NC(C)c3ccc4c(c3)OCCCO4)on2)cc1. The van der Waals surface area contributed by atoms with Gasteiger partial charge in [0.2, 0.25) is 5.76 Å². The highest BCUT2D eigenvalue weighted by atomic mass is 16.5. The third kappa shape index (κ3) is 3.86. The van der Waals surface area contributed by atoms with Crippen molar-refractivity contribution in [3.05, 3.63) is 65.4 Å². The second-order valence-corrected chi connectivity index (χ2v) is 6.89. The highest BCUT2D eigenvalue weighted by Crippen LogP contribution is 2.32. The van der Waals surface area contributed by atoms with E-state index < -0.39 is 0 Å². The molecule has 0 saturated carbocycles. The van der Waals surface area contributed by atoms with Gasteiger partial charge in [-0.05, 0) is 31.5 Å². The number of carbonyl (C=O) groups excluding carboxylic acids is 1. The van der Waals surface area contributed by atoms with Crippen molar-refractivity contribution in [2.75, 3.05) is 13.2 Å². The van der Waals surface area contributed by atoms with Gasteiger partial charge in [-0.3, -0.25) is 4.79 Å². The third-order valence-electron chi connectivity index (χ3n) is 4.70. The molecule has 1 aliphatic rings. The van der Waals surface area contributed by atoms with Crippen LogP contribution in [0.2, 0.25) is 0 Å². The van der Waals surface area contributed by atoms with Gasteiger partial charge < -0.3 is 19.3 Å². The number of nitrogens with one attached hydrogen (secondary N) is 1. The summed E-state index contributed by atoms with van der Waals surface area (Å²) < 4.78 is 16.6. The largest absolute Gasteiger partial charge is 0.490 e. The maximum atomic E-state index is 12.6. The van der Waals surface area contributed by atoms with Crippen LogP contribution in [-0.2, 0) is 0 Å². The molecule has 1 aromatic heterocycles. The lowest BCUT2D eigenvalue weighted by Crippen LogP contribution is -2.26. The molecule has 0 radical (unpaired) electrons. The highest BCUT2D eigenvalue weighted by molar-refractivity contribution is 5.92. The smallest absolute Gasteiger partial charge is 0.290 e. The summed E-state index contributed by atoms with van der Waals surface area (Å²) in [7, 11) is 0. The predicted molar refractivity (Wildman–Crippen MR) is 105 cm³/mol. The Balaban J connectivity index is 1.46. The predicted octanol–water partition coefficient (Wildman–Crippen LogP) is 4.30. The Morgan fingerprint density at radius 1 is 1.04 bits per heavy atom. The molecule has 0 fully saturated rings. The van der Waals surface area contributed by atoms with E-state index in [9.17, 15) is 4.79 Å². The first-order chi connectivity index (χ1) is 13.6. The van der Waals surface area contributed by atoms with Crippen molar-refractivity contribution in [1.29, 1.82) is 0 Å². The van der Waals surface area contributed by atoms with Gasteiger partial charge in [0.25, 0.3) is 5.91 Å². The number of carbonyl (C=O) groups is 1. The van der Waals surface area contributed by atoms with Gasteiger partial charge in [-0.15, -0.1) is 0 Å². The molecule has 6 nitrogen and oxygen atoms in total. The van der Waals surface area contributed by atoms with E-state index in [1.165, 1.54) is 0 Å². The van der Waals surface area contributed by atoms with Crippen molar-refractivity contribution < 1.29 is 18.8 Å². The van der Waals surface area contributed by atoms with Crippen LogP contribution < -0.4 is 14.8 Å². The van der Waals surface area contributed by atoms with Gasteiger partial charge in [0, 0.05) is 18.1 Å². The van der Waals surface area contributed by atoms with E-state index in [-0.39, 0.29) is 17.7 Å². The molecular formula is C22H22N2O4. The van der Waals surface area contributed by atoms with Gasteiger partial charge in [0.1, 0.15) is 5.69 Å². The molecule has 0 spiro atoms.